The second-order valence-corrected chi connectivity index (χ2v) is 8.29. The first-order chi connectivity index (χ1) is 15.2. The number of anilines is 1. The maximum Gasteiger partial charge on any atom is 0.282 e. The molecule has 1 amide bonds. The number of carbonyl (C=O) groups is 1. The standard InChI is InChI=1S/C22H21N7OS/c1-15-13-29(19(25-15)16-5-3-2-4-6-16)18-7-9-24-22(27-18)26-17-8-11-28(14-17)21(30)20-23-10-12-31-20/h2-7,9-10,12-13,17H,8,11,14H2,1H3,(H,24,26,27)/t17-/m1/s1. The van der Waals surface area contributed by atoms with Gasteiger partial charge in [0.15, 0.2) is 5.01 Å². The summed E-state index contributed by atoms with van der Waals surface area (Å²) in [5.41, 5.74) is 1.94. The van der Waals surface area contributed by atoms with Crippen LogP contribution < -0.4 is 5.32 Å². The van der Waals surface area contributed by atoms with Crippen molar-refractivity contribution in [3.8, 4) is 17.2 Å². The van der Waals surface area contributed by atoms with Crippen LogP contribution in [0.1, 0.15) is 21.9 Å². The average molecular weight is 432 g/mol. The molecular formula is C22H21N7OS. The number of hydrogen-bond acceptors (Lipinski definition) is 7. The van der Waals surface area contributed by atoms with Crippen molar-refractivity contribution in [2.75, 3.05) is 18.4 Å². The van der Waals surface area contributed by atoms with Gasteiger partial charge in [-0.05, 0) is 19.4 Å². The third kappa shape index (κ3) is 4.04. The Kier molecular flexibility index (Phi) is 5.17. The van der Waals surface area contributed by atoms with Gasteiger partial charge in [0.1, 0.15) is 11.6 Å². The van der Waals surface area contributed by atoms with Crippen LogP contribution in [0.15, 0.2) is 60.4 Å². The summed E-state index contributed by atoms with van der Waals surface area (Å²) in [4.78, 5) is 32.3. The lowest BCUT2D eigenvalue weighted by Crippen LogP contribution is -2.31. The minimum absolute atomic E-state index is 0.0182. The number of thiazole rings is 1. The zero-order valence-corrected chi connectivity index (χ0v) is 17.8. The Bertz CT molecular complexity index is 1190. The Morgan fingerprint density at radius 3 is 2.81 bits per heavy atom. The lowest BCUT2D eigenvalue weighted by atomic mass is 10.2. The monoisotopic (exact) mass is 431 g/mol. The molecule has 0 radical (unpaired) electrons. The molecule has 31 heavy (non-hydrogen) atoms. The highest BCUT2D eigenvalue weighted by Gasteiger charge is 2.28. The van der Waals surface area contributed by atoms with E-state index in [4.69, 9.17) is 4.98 Å². The van der Waals surface area contributed by atoms with Crippen LogP contribution >= 0.6 is 11.3 Å². The van der Waals surface area contributed by atoms with Gasteiger partial charge in [0, 0.05) is 48.7 Å². The zero-order valence-electron chi connectivity index (χ0n) is 17.0. The first-order valence-corrected chi connectivity index (χ1v) is 11.0. The Morgan fingerprint density at radius 2 is 2.00 bits per heavy atom. The molecule has 0 spiro atoms. The van der Waals surface area contributed by atoms with Gasteiger partial charge < -0.3 is 10.2 Å². The van der Waals surface area contributed by atoms with E-state index in [0.717, 1.165) is 29.3 Å². The number of nitrogens with one attached hydrogen (secondary N) is 1. The van der Waals surface area contributed by atoms with Crippen molar-refractivity contribution in [2.24, 2.45) is 0 Å². The predicted octanol–water partition coefficient (Wildman–Crippen LogP) is 3.42. The number of benzene rings is 1. The molecule has 1 fully saturated rings. The van der Waals surface area contributed by atoms with Crippen molar-refractivity contribution in [1.82, 2.24) is 29.4 Å². The quantitative estimate of drug-likeness (QED) is 0.521. The van der Waals surface area contributed by atoms with Crippen molar-refractivity contribution >= 4 is 23.2 Å². The van der Waals surface area contributed by atoms with E-state index < -0.39 is 0 Å². The van der Waals surface area contributed by atoms with Crippen molar-refractivity contribution < 1.29 is 4.79 Å². The molecule has 9 heteroatoms. The fourth-order valence-electron chi connectivity index (χ4n) is 3.73. The lowest BCUT2D eigenvalue weighted by Gasteiger charge is -2.16. The molecule has 156 valence electrons. The molecule has 5 rings (SSSR count). The summed E-state index contributed by atoms with van der Waals surface area (Å²) in [6.07, 6.45) is 6.20. The fraction of sp³-hybridized carbons (Fsp3) is 0.227. The van der Waals surface area contributed by atoms with Crippen LogP contribution in [-0.4, -0.2) is 54.4 Å². The predicted molar refractivity (Wildman–Crippen MR) is 119 cm³/mol. The number of likely N-dealkylation sites (tertiary alicyclic amines) is 1. The molecule has 0 aliphatic carbocycles. The van der Waals surface area contributed by atoms with E-state index in [2.05, 4.69) is 20.3 Å². The third-order valence-electron chi connectivity index (χ3n) is 5.17. The third-order valence-corrected chi connectivity index (χ3v) is 5.93. The highest BCUT2D eigenvalue weighted by molar-refractivity contribution is 7.11. The van der Waals surface area contributed by atoms with E-state index in [-0.39, 0.29) is 11.9 Å². The molecule has 1 N–H and O–H groups in total. The minimum Gasteiger partial charge on any atom is -0.350 e. The first kappa shape index (κ1) is 19.4. The van der Waals surface area contributed by atoms with Gasteiger partial charge >= 0.3 is 0 Å². The normalized spacial score (nSPS) is 15.9. The number of nitrogens with zero attached hydrogens (tertiary/aromatic N) is 6. The molecule has 1 saturated heterocycles. The average Bonchev–Trinajstić information content (AvgIpc) is 3.55. The zero-order chi connectivity index (χ0) is 21.2. The van der Waals surface area contributed by atoms with Crippen LogP contribution in [-0.2, 0) is 0 Å². The topological polar surface area (TPSA) is 88.8 Å². The molecular weight excluding hydrogens is 410 g/mol. The molecule has 0 saturated carbocycles. The lowest BCUT2D eigenvalue weighted by molar-refractivity contribution is 0.0791. The SMILES string of the molecule is Cc1cn(-c2ccnc(N[C@@H]3CCN(C(=O)c4nccs4)C3)n2)c(-c2ccccc2)n1. The highest BCUT2D eigenvalue weighted by atomic mass is 32.1. The summed E-state index contributed by atoms with van der Waals surface area (Å²) in [5, 5.41) is 5.73. The van der Waals surface area contributed by atoms with E-state index in [1.165, 1.54) is 11.3 Å². The number of carbonyl (C=O) groups excluding carboxylic acids is 1. The van der Waals surface area contributed by atoms with Crippen LogP contribution in [0.3, 0.4) is 0 Å². The van der Waals surface area contributed by atoms with Crippen molar-refractivity contribution in [1.29, 1.82) is 0 Å². The van der Waals surface area contributed by atoms with E-state index in [1.807, 2.05) is 64.4 Å². The number of rotatable bonds is 5. The number of aryl methyl sites for hydroxylation is 1. The molecule has 1 aliphatic rings. The number of hydrogen-bond donors (Lipinski definition) is 1. The van der Waals surface area contributed by atoms with Gasteiger partial charge in [-0.2, -0.15) is 4.98 Å². The Balaban J connectivity index is 1.34. The largest absolute Gasteiger partial charge is 0.350 e. The summed E-state index contributed by atoms with van der Waals surface area (Å²) >= 11 is 1.37. The molecule has 1 atom stereocenters. The smallest absolute Gasteiger partial charge is 0.282 e. The maximum absolute atomic E-state index is 12.5. The molecule has 1 aliphatic heterocycles. The minimum atomic E-state index is -0.0182. The molecule has 0 unspecified atom stereocenters. The summed E-state index contributed by atoms with van der Waals surface area (Å²) in [7, 11) is 0. The van der Waals surface area contributed by atoms with Crippen LogP contribution in [0.5, 0.6) is 0 Å². The van der Waals surface area contributed by atoms with Crippen molar-refractivity contribution in [2.45, 2.75) is 19.4 Å². The Labute approximate surface area is 183 Å². The van der Waals surface area contributed by atoms with Gasteiger partial charge in [-0.3, -0.25) is 9.36 Å². The fourth-order valence-corrected chi connectivity index (χ4v) is 4.33. The van der Waals surface area contributed by atoms with E-state index in [0.29, 0.717) is 24.0 Å². The Hall–Kier alpha value is -3.59. The molecule has 0 bridgehead atoms. The first-order valence-electron chi connectivity index (χ1n) is 10.1. The van der Waals surface area contributed by atoms with Gasteiger partial charge in [-0.25, -0.2) is 15.0 Å². The van der Waals surface area contributed by atoms with E-state index >= 15 is 0 Å². The number of aromatic nitrogens is 5. The molecule has 3 aromatic heterocycles. The van der Waals surface area contributed by atoms with Gasteiger partial charge in [-0.15, -0.1) is 11.3 Å². The summed E-state index contributed by atoms with van der Waals surface area (Å²) in [5.74, 6) is 2.10. The van der Waals surface area contributed by atoms with Gasteiger partial charge in [0.25, 0.3) is 5.91 Å². The Morgan fingerprint density at radius 1 is 1.13 bits per heavy atom. The van der Waals surface area contributed by atoms with E-state index in [1.54, 1.807) is 12.4 Å². The number of amides is 1. The summed E-state index contributed by atoms with van der Waals surface area (Å²) < 4.78 is 1.98. The van der Waals surface area contributed by atoms with Gasteiger partial charge in [0.05, 0.1) is 5.69 Å². The maximum atomic E-state index is 12.5. The highest BCUT2D eigenvalue weighted by Crippen LogP contribution is 2.23. The summed E-state index contributed by atoms with van der Waals surface area (Å²) in [6.45, 7) is 3.26. The van der Waals surface area contributed by atoms with Crippen LogP contribution in [0.4, 0.5) is 5.95 Å². The van der Waals surface area contributed by atoms with Gasteiger partial charge in [0.2, 0.25) is 5.95 Å². The van der Waals surface area contributed by atoms with Crippen LogP contribution in [0.2, 0.25) is 0 Å². The van der Waals surface area contributed by atoms with E-state index in [9.17, 15) is 4.79 Å². The molecule has 1 aromatic carbocycles. The molecule has 8 nitrogen and oxygen atoms in total. The van der Waals surface area contributed by atoms with Crippen LogP contribution in [0.25, 0.3) is 17.2 Å². The van der Waals surface area contributed by atoms with Crippen LogP contribution in [0, 0.1) is 6.92 Å². The second-order valence-electron chi connectivity index (χ2n) is 7.40. The molecule has 4 heterocycles. The second kappa shape index (κ2) is 8.27. The molecule has 4 aromatic rings. The van der Waals surface area contributed by atoms with Crippen molar-refractivity contribution in [3.63, 3.8) is 0 Å². The van der Waals surface area contributed by atoms with Crippen molar-refractivity contribution in [3.05, 3.63) is 71.1 Å². The van der Waals surface area contributed by atoms with Gasteiger partial charge in [-0.1, -0.05) is 30.3 Å². The number of imidazole rings is 1. The summed E-state index contributed by atoms with van der Waals surface area (Å²) in [6, 6.07) is 12.0.